The van der Waals surface area contributed by atoms with Crippen LogP contribution in [0.2, 0.25) is 0 Å². The molecule has 0 fully saturated rings. The molecule has 0 aromatic heterocycles. The topological polar surface area (TPSA) is 49.3 Å². The van der Waals surface area contributed by atoms with E-state index in [0.29, 0.717) is 18.4 Å². The highest BCUT2D eigenvalue weighted by molar-refractivity contribution is 5.86. The van der Waals surface area contributed by atoms with Gasteiger partial charge in [0.1, 0.15) is 11.4 Å². The number of amides is 1. The van der Waals surface area contributed by atoms with Gasteiger partial charge in [0.25, 0.3) is 0 Å². The summed E-state index contributed by atoms with van der Waals surface area (Å²) < 4.78 is 13.0. The molecule has 0 radical (unpaired) electrons. The third kappa shape index (κ3) is 2.22. The van der Waals surface area contributed by atoms with Crippen molar-refractivity contribution in [1.82, 2.24) is 5.32 Å². The second-order valence-electron chi connectivity index (χ2n) is 4.25. The molecule has 0 aliphatic heterocycles. The van der Waals surface area contributed by atoms with E-state index >= 15 is 0 Å². The minimum atomic E-state index is -1.10. The summed E-state index contributed by atoms with van der Waals surface area (Å²) in [6.45, 7) is 3.46. The normalized spacial score (nSPS) is 22.0. The highest BCUT2D eigenvalue weighted by Crippen LogP contribution is 2.36. The van der Waals surface area contributed by atoms with Gasteiger partial charge in [0.15, 0.2) is 0 Å². The van der Waals surface area contributed by atoms with Crippen LogP contribution in [0, 0.1) is 5.82 Å². The van der Waals surface area contributed by atoms with Crippen LogP contribution in [0.1, 0.15) is 17.5 Å². The Morgan fingerprint density at radius 3 is 3.12 bits per heavy atom. The summed E-state index contributed by atoms with van der Waals surface area (Å²) in [6, 6.07) is 4.34. The predicted octanol–water partition coefficient (Wildman–Crippen LogP) is 1.26. The standard InChI is InChI=1S/C13H14FNO2/c1-2-12(16)15-8-13(17)6-5-9-7-10(14)3-4-11(9)13/h2-4,7,17H,1,5-6,8H2,(H,15,16). The maximum absolute atomic E-state index is 13.0. The van der Waals surface area contributed by atoms with E-state index in [1.807, 2.05) is 0 Å². The van der Waals surface area contributed by atoms with Gasteiger partial charge >= 0.3 is 0 Å². The fourth-order valence-electron chi connectivity index (χ4n) is 2.19. The van der Waals surface area contributed by atoms with Gasteiger partial charge in [-0.1, -0.05) is 12.6 Å². The van der Waals surface area contributed by atoms with Crippen molar-refractivity contribution in [3.63, 3.8) is 0 Å². The first kappa shape index (κ1) is 11.8. The van der Waals surface area contributed by atoms with Gasteiger partial charge < -0.3 is 10.4 Å². The Morgan fingerprint density at radius 2 is 2.41 bits per heavy atom. The van der Waals surface area contributed by atoms with Crippen LogP contribution in [0.15, 0.2) is 30.9 Å². The first-order chi connectivity index (χ1) is 8.05. The molecule has 3 nitrogen and oxygen atoms in total. The van der Waals surface area contributed by atoms with Gasteiger partial charge in [-0.25, -0.2) is 4.39 Å². The number of hydrogen-bond acceptors (Lipinski definition) is 2. The zero-order valence-electron chi connectivity index (χ0n) is 9.37. The second-order valence-corrected chi connectivity index (χ2v) is 4.25. The number of benzene rings is 1. The predicted molar refractivity (Wildman–Crippen MR) is 61.8 cm³/mol. The fourth-order valence-corrected chi connectivity index (χ4v) is 2.19. The van der Waals surface area contributed by atoms with Gasteiger partial charge in [-0.3, -0.25) is 4.79 Å². The number of carbonyl (C=O) groups is 1. The van der Waals surface area contributed by atoms with Crippen LogP contribution < -0.4 is 5.32 Å². The van der Waals surface area contributed by atoms with E-state index in [0.717, 1.165) is 11.6 Å². The van der Waals surface area contributed by atoms with Crippen LogP contribution in [0.3, 0.4) is 0 Å². The Morgan fingerprint density at radius 1 is 1.65 bits per heavy atom. The molecule has 90 valence electrons. The number of hydrogen-bond donors (Lipinski definition) is 2. The Hall–Kier alpha value is -1.68. The number of carbonyl (C=O) groups excluding carboxylic acids is 1. The average molecular weight is 235 g/mol. The minimum Gasteiger partial charge on any atom is -0.383 e. The molecule has 1 aliphatic carbocycles. The summed E-state index contributed by atoms with van der Waals surface area (Å²) in [5.74, 6) is -0.628. The molecule has 0 saturated heterocycles. The number of nitrogens with one attached hydrogen (secondary N) is 1. The fraction of sp³-hybridized carbons (Fsp3) is 0.308. The largest absolute Gasteiger partial charge is 0.383 e. The second kappa shape index (κ2) is 4.30. The van der Waals surface area contributed by atoms with Crippen LogP contribution in [0.25, 0.3) is 0 Å². The highest BCUT2D eigenvalue weighted by Gasteiger charge is 2.36. The molecule has 1 amide bonds. The van der Waals surface area contributed by atoms with Crippen LogP contribution in [-0.2, 0) is 16.8 Å². The molecular formula is C13H14FNO2. The average Bonchev–Trinajstić information content (AvgIpc) is 2.64. The Bertz CT molecular complexity index is 472. The van der Waals surface area contributed by atoms with Gasteiger partial charge in [-0.15, -0.1) is 0 Å². The Labute approximate surface area is 99.0 Å². The summed E-state index contributed by atoms with van der Waals surface area (Å²) in [5.41, 5.74) is 0.408. The first-order valence-corrected chi connectivity index (χ1v) is 5.47. The van der Waals surface area contributed by atoms with Crippen LogP contribution in [-0.4, -0.2) is 17.6 Å². The lowest BCUT2D eigenvalue weighted by atomic mass is 9.96. The van der Waals surface area contributed by atoms with E-state index in [2.05, 4.69) is 11.9 Å². The maximum Gasteiger partial charge on any atom is 0.243 e. The molecule has 1 atom stereocenters. The SMILES string of the molecule is C=CC(=O)NCC1(O)CCc2cc(F)ccc21. The lowest BCUT2D eigenvalue weighted by Gasteiger charge is -2.24. The molecule has 1 aliphatic rings. The number of fused-ring (bicyclic) bond motifs is 1. The molecule has 1 aromatic carbocycles. The van der Waals surface area contributed by atoms with Crippen LogP contribution >= 0.6 is 0 Å². The van der Waals surface area contributed by atoms with Crippen molar-refractivity contribution >= 4 is 5.91 Å². The number of halogens is 1. The van der Waals surface area contributed by atoms with Crippen LogP contribution in [0.4, 0.5) is 4.39 Å². The molecule has 2 N–H and O–H groups in total. The summed E-state index contributed by atoms with van der Waals surface area (Å²) in [6.07, 6.45) is 2.26. The number of rotatable bonds is 3. The van der Waals surface area contributed by atoms with Crippen molar-refractivity contribution in [3.8, 4) is 0 Å². The molecular weight excluding hydrogens is 221 g/mol. The summed E-state index contributed by atoms with van der Waals surface area (Å²) in [4.78, 5) is 11.1. The van der Waals surface area contributed by atoms with Crippen molar-refractivity contribution < 1.29 is 14.3 Å². The summed E-state index contributed by atoms with van der Waals surface area (Å²) in [5, 5.41) is 13.0. The number of aryl methyl sites for hydroxylation is 1. The van der Waals surface area contributed by atoms with E-state index in [9.17, 15) is 14.3 Å². The van der Waals surface area contributed by atoms with E-state index in [-0.39, 0.29) is 18.3 Å². The van der Waals surface area contributed by atoms with E-state index in [1.54, 1.807) is 6.07 Å². The number of aliphatic hydroxyl groups is 1. The zero-order valence-corrected chi connectivity index (χ0v) is 9.37. The van der Waals surface area contributed by atoms with Crippen molar-refractivity contribution in [3.05, 3.63) is 47.8 Å². The van der Waals surface area contributed by atoms with E-state index in [1.165, 1.54) is 12.1 Å². The zero-order chi connectivity index (χ0) is 12.5. The minimum absolute atomic E-state index is 0.122. The van der Waals surface area contributed by atoms with Crippen molar-refractivity contribution in [2.45, 2.75) is 18.4 Å². The molecule has 2 rings (SSSR count). The smallest absolute Gasteiger partial charge is 0.243 e. The van der Waals surface area contributed by atoms with Crippen molar-refractivity contribution in [1.29, 1.82) is 0 Å². The van der Waals surface area contributed by atoms with E-state index in [4.69, 9.17) is 0 Å². The van der Waals surface area contributed by atoms with Gasteiger partial charge in [-0.2, -0.15) is 0 Å². The third-order valence-corrected chi connectivity index (χ3v) is 3.12. The lowest BCUT2D eigenvalue weighted by Crippen LogP contribution is -2.38. The summed E-state index contributed by atoms with van der Waals surface area (Å²) in [7, 11) is 0. The summed E-state index contributed by atoms with van der Waals surface area (Å²) >= 11 is 0. The molecule has 0 heterocycles. The molecule has 0 saturated carbocycles. The molecule has 1 aromatic rings. The van der Waals surface area contributed by atoms with Crippen LogP contribution in [0.5, 0.6) is 0 Å². The van der Waals surface area contributed by atoms with Gasteiger partial charge in [0.2, 0.25) is 5.91 Å². The van der Waals surface area contributed by atoms with Crippen molar-refractivity contribution in [2.75, 3.05) is 6.54 Å². The Kier molecular flexibility index (Phi) is 2.98. The highest BCUT2D eigenvalue weighted by atomic mass is 19.1. The molecule has 17 heavy (non-hydrogen) atoms. The monoisotopic (exact) mass is 235 g/mol. The van der Waals surface area contributed by atoms with Gasteiger partial charge in [0, 0.05) is 0 Å². The molecule has 0 spiro atoms. The lowest BCUT2D eigenvalue weighted by molar-refractivity contribution is -0.117. The molecule has 4 heteroatoms. The molecule has 1 unspecified atom stereocenters. The maximum atomic E-state index is 13.0. The van der Waals surface area contributed by atoms with Gasteiger partial charge in [-0.05, 0) is 42.2 Å². The van der Waals surface area contributed by atoms with Crippen molar-refractivity contribution in [2.24, 2.45) is 0 Å². The van der Waals surface area contributed by atoms with E-state index < -0.39 is 5.60 Å². The van der Waals surface area contributed by atoms with Gasteiger partial charge in [0.05, 0.1) is 6.54 Å². The molecule has 0 bridgehead atoms. The third-order valence-electron chi connectivity index (χ3n) is 3.12. The quantitative estimate of drug-likeness (QED) is 0.775. The first-order valence-electron chi connectivity index (χ1n) is 5.47. The Balaban J connectivity index is 2.19.